The number of aryl methyl sites for hydroxylation is 1. The van der Waals surface area contributed by atoms with Gasteiger partial charge in [0.05, 0.1) is 4.90 Å². The predicted octanol–water partition coefficient (Wildman–Crippen LogP) is 3.31. The fourth-order valence-electron chi connectivity index (χ4n) is 3.03. The minimum Gasteiger partial charge on any atom is -0.295 e. The largest absolute Gasteiger partial charge is 0.295 e. The Kier molecular flexibility index (Phi) is 5.34. The number of nitrogens with zero attached hydrogens (tertiary/aromatic N) is 1. The third-order valence-electron chi connectivity index (χ3n) is 4.42. The molecule has 1 fully saturated rings. The Hall–Kier alpha value is -1.28. The molecule has 7 heteroatoms. The lowest BCUT2D eigenvalue weighted by Gasteiger charge is -2.27. The summed E-state index contributed by atoms with van der Waals surface area (Å²) in [5.74, 6) is -0.401. The third-order valence-corrected chi connectivity index (χ3v) is 6.54. The summed E-state index contributed by atoms with van der Waals surface area (Å²) >= 11 is 1.61. The van der Waals surface area contributed by atoms with Gasteiger partial charge in [-0.25, -0.2) is 17.5 Å². The van der Waals surface area contributed by atoms with Crippen molar-refractivity contribution in [2.24, 2.45) is 0 Å². The second-order valence-electron chi connectivity index (χ2n) is 6.08. The highest BCUT2D eigenvalue weighted by molar-refractivity contribution is 7.89. The van der Waals surface area contributed by atoms with Crippen molar-refractivity contribution in [3.63, 3.8) is 0 Å². The van der Waals surface area contributed by atoms with Gasteiger partial charge in [-0.15, -0.1) is 0 Å². The summed E-state index contributed by atoms with van der Waals surface area (Å²) < 4.78 is 41.1. The van der Waals surface area contributed by atoms with Gasteiger partial charge in [0, 0.05) is 12.6 Å². The number of thiophene rings is 1. The van der Waals surface area contributed by atoms with Crippen LogP contribution in [0.4, 0.5) is 4.39 Å². The molecule has 1 aliphatic heterocycles. The number of halogens is 1. The molecular weight excluding hydrogens is 347 g/mol. The number of rotatable bonds is 6. The van der Waals surface area contributed by atoms with Crippen molar-refractivity contribution in [3.8, 4) is 0 Å². The van der Waals surface area contributed by atoms with Crippen molar-refractivity contribution in [1.82, 2.24) is 9.62 Å². The van der Waals surface area contributed by atoms with Crippen LogP contribution in [0.3, 0.4) is 0 Å². The van der Waals surface area contributed by atoms with Gasteiger partial charge in [0.25, 0.3) is 0 Å². The van der Waals surface area contributed by atoms with Crippen LogP contribution in [0.15, 0.2) is 39.9 Å². The molecule has 0 bridgehead atoms. The van der Waals surface area contributed by atoms with Gasteiger partial charge in [0.15, 0.2) is 0 Å². The maximum absolute atomic E-state index is 13.4. The first kappa shape index (κ1) is 17.5. The quantitative estimate of drug-likeness (QED) is 0.851. The maximum atomic E-state index is 13.4. The molecule has 1 unspecified atom stereocenters. The Bertz CT molecular complexity index is 785. The van der Waals surface area contributed by atoms with Crippen LogP contribution < -0.4 is 4.72 Å². The van der Waals surface area contributed by atoms with E-state index in [1.807, 2.05) is 11.4 Å². The van der Waals surface area contributed by atoms with Crippen LogP contribution in [0.5, 0.6) is 0 Å². The van der Waals surface area contributed by atoms with Crippen LogP contribution in [0.1, 0.15) is 30.0 Å². The summed E-state index contributed by atoms with van der Waals surface area (Å²) in [5.41, 5.74) is 1.46. The van der Waals surface area contributed by atoms with E-state index in [1.54, 1.807) is 18.3 Å². The highest BCUT2D eigenvalue weighted by atomic mass is 32.2. The minimum atomic E-state index is -3.66. The van der Waals surface area contributed by atoms with Gasteiger partial charge in [0.1, 0.15) is 5.82 Å². The van der Waals surface area contributed by atoms with Crippen LogP contribution in [0.2, 0.25) is 0 Å². The molecule has 1 N–H and O–H groups in total. The Morgan fingerprint density at radius 2 is 2.04 bits per heavy atom. The molecule has 0 radical (unpaired) electrons. The SMILES string of the molecule is Cc1cc(S(=O)(=O)NCC(c2ccsc2)N2CCCC2)ccc1F. The van der Waals surface area contributed by atoms with Gasteiger partial charge in [-0.2, -0.15) is 11.3 Å². The molecule has 1 saturated heterocycles. The van der Waals surface area contributed by atoms with Crippen molar-refractivity contribution < 1.29 is 12.8 Å². The lowest BCUT2D eigenvalue weighted by atomic mass is 10.1. The molecule has 1 aliphatic rings. The summed E-state index contributed by atoms with van der Waals surface area (Å²) in [6.45, 7) is 3.85. The molecule has 2 aromatic rings. The minimum absolute atomic E-state index is 0.0371. The molecule has 24 heavy (non-hydrogen) atoms. The van der Waals surface area contributed by atoms with Crippen LogP contribution >= 0.6 is 11.3 Å². The number of sulfonamides is 1. The summed E-state index contributed by atoms with van der Waals surface area (Å²) in [6.07, 6.45) is 2.29. The van der Waals surface area contributed by atoms with E-state index in [-0.39, 0.29) is 10.9 Å². The lowest BCUT2D eigenvalue weighted by molar-refractivity contribution is 0.247. The van der Waals surface area contributed by atoms with E-state index in [0.29, 0.717) is 12.1 Å². The molecule has 0 aliphatic carbocycles. The van der Waals surface area contributed by atoms with Crippen molar-refractivity contribution in [1.29, 1.82) is 0 Å². The summed E-state index contributed by atoms with van der Waals surface area (Å²) in [7, 11) is -3.66. The van der Waals surface area contributed by atoms with E-state index in [2.05, 4.69) is 15.0 Å². The molecule has 4 nitrogen and oxygen atoms in total. The van der Waals surface area contributed by atoms with Gasteiger partial charge in [0.2, 0.25) is 10.0 Å². The molecule has 0 amide bonds. The second-order valence-corrected chi connectivity index (χ2v) is 8.63. The Morgan fingerprint density at radius 1 is 1.29 bits per heavy atom. The number of hydrogen-bond donors (Lipinski definition) is 1. The van der Waals surface area contributed by atoms with E-state index in [0.717, 1.165) is 31.5 Å². The molecular formula is C17H21FN2O2S2. The van der Waals surface area contributed by atoms with Crippen LogP contribution in [-0.4, -0.2) is 33.0 Å². The second kappa shape index (κ2) is 7.31. The van der Waals surface area contributed by atoms with Crippen molar-refractivity contribution in [2.45, 2.75) is 30.7 Å². The van der Waals surface area contributed by atoms with Crippen LogP contribution in [0.25, 0.3) is 0 Å². The van der Waals surface area contributed by atoms with Gasteiger partial charge in [-0.05, 0) is 79.0 Å². The van der Waals surface area contributed by atoms with E-state index in [9.17, 15) is 12.8 Å². The third kappa shape index (κ3) is 3.85. The van der Waals surface area contributed by atoms with Gasteiger partial charge in [-0.3, -0.25) is 4.90 Å². The molecule has 1 aromatic carbocycles. The number of hydrogen-bond acceptors (Lipinski definition) is 4. The first-order valence-electron chi connectivity index (χ1n) is 7.99. The fraction of sp³-hybridized carbons (Fsp3) is 0.412. The topological polar surface area (TPSA) is 49.4 Å². The monoisotopic (exact) mass is 368 g/mol. The average Bonchev–Trinajstić information content (AvgIpc) is 3.24. The smallest absolute Gasteiger partial charge is 0.240 e. The standard InChI is InChI=1S/C17H21FN2O2S2/c1-13-10-15(4-5-16(13)18)24(21,22)19-11-17(14-6-9-23-12-14)20-7-2-3-8-20/h4-6,9-10,12,17,19H,2-3,7-8,11H2,1H3. The maximum Gasteiger partial charge on any atom is 0.240 e. The zero-order valence-electron chi connectivity index (χ0n) is 13.5. The Balaban J connectivity index is 1.76. The molecule has 3 rings (SSSR count). The van der Waals surface area contributed by atoms with Crippen molar-refractivity contribution in [3.05, 3.63) is 52.0 Å². The average molecular weight is 368 g/mol. The van der Waals surface area contributed by atoms with E-state index in [1.165, 1.54) is 18.2 Å². The fourth-order valence-corrected chi connectivity index (χ4v) is 4.86. The zero-order chi connectivity index (χ0) is 17.2. The molecule has 2 heterocycles. The van der Waals surface area contributed by atoms with Gasteiger partial charge in [-0.1, -0.05) is 0 Å². The summed E-state index contributed by atoms with van der Waals surface area (Å²) in [6, 6.07) is 5.95. The first-order valence-corrected chi connectivity index (χ1v) is 10.4. The summed E-state index contributed by atoms with van der Waals surface area (Å²) in [4.78, 5) is 2.42. The number of likely N-dealkylation sites (tertiary alicyclic amines) is 1. The van der Waals surface area contributed by atoms with Crippen LogP contribution in [0, 0.1) is 12.7 Å². The Labute approximate surface area is 146 Å². The Morgan fingerprint density at radius 3 is 2.67 bits per heavy atom. The van der Waals surface area contributed by atoms with Crippen molar-refractivity contribution >= 4 is 21.4 Å². The highest BCUT2D eigenvalue weighted by Crippen LogP contribution is 2.26. The van der Waals surface area contributed by atoms with Crippen molar-refractivity contribution in [2.75, 3.05) is 19.6 Å². The lowest BCUT2D eigenvalue weighted by Crippen LogP contribution is -2.36. The highest BCUT2D eigenvalue weighted by Gasteiger charge is 2.26. The zero-order valence-corrected chi connectivity index (χ0v) is 15.2. The molecule has 0 saturated carbocycles. The number of nitrogens with one attached hydrogen (secondary N) is 1. The van der Waals surface area contributed by atoms with Gasteiger partial charge < -0.3 is 0 Å². The molecule has 1 atom stereocenters. The molecule has 130 valence electrons. The molecule has 1 aromatic heterocycles. The normalized spacial score (nSPS) is 17.2. The van der Waals surface area contributed by atoms with Gasteiger partial charge >= 0.3 is 0 Å². The summed E-state index contributed by atoms with van der Waals surface area (Å²) in [5, 5.41) is 4.08. The van der Waals surface area contributed by atoms with E-state index < -0.39 is 15.8 Å². The molecule has 0 spiro atoms. The van der Waals surface area contributed by atoms with E-state index in [4.69, 9.17) is 0 Å². The first-order chi connectivity index (χ1) is 11.5. The number of benzene rings is 1. The predicted molar refractivity (Wildman–Crippen MR) is 94.2 cm³/mol. The van der Waals surface area contributed by atoms with E-state index >= 15 is 0 Å². The van der Waals surface area contributed by atoms with Crippen LogP contribution in [-0.2, 0) is 10.0 Å².